The number of nitrogens with one attached hydrogen (secondary N) is 1. The molecule has 12 heavy (non-hydrogen) atoms. The van der Waals surface area contributed by atoms with Crippen LogP contribution in [0.4, 0.5) is 0 Å². The lowest BCUT2D eigenvalue weighted by Crippen LogP contribution is -1.76. The maximum absolute atomic E-state index is 4.05. The van der Waals surface area contributed by atoms with Crippen molar-refractivity contribution in [3.05, 3.63) is 30.2 Å². The summed E-state index contributed by atoms with van der Waals surface area (Å²) in [6.07, 6.45) is 5.64. The molecule has 0 aliphatic rings. The first-order valence-electron chi connectivity index (χ1n) is 4.25. The molecule has 0 aromatic carbocycles. The smallest absolute Gasteiger partial charge is 0.0643 e. The van der Waals surface area contributed by atoms with Gasteiger partial charge < -0.3 is 4.98 Å². The Bertz CT molecular complexity index is 349. The molecule has 2 rings (SSSR count). The van der Waals surface area contributed by atoms with E-state index in [-0.39, 0.29) is 0 Å². The van der Waals surface area contributed by atoms with Crippen LogP contribution in [0.25, 0.3) is 10.9 Å². The van der Waals surface area contributed by atoms with Gasteiger partial charge in [0.2, 0.25) is 0 Å². The molecule has 64 valence electrons. The van der Waals surface area contributed by atoms with E-state index in [0.717, 1.165) is 5.52 Å². The van der Waals surface area contributed by atoms with Crippen molar-refractivity contribution in [1.29, 1.82) is 0 Å². The summed E-state index contributed by atoms with van der Waals surface area (Å²) in [5.41, 5.74) is 2.33. The lowest BCUT2D eigenvalue weighted by molar-refractivity contribution is 1.30. The van der Waals surface area contributed by atoms with Gasteiger partial charge in [0.05, 0.1) is 11.7 Å². The van der Waals surface area contributed by atoms with Gasteiger partial charge in [-0.1, -0.05) is 13.8 Å². The zero-order valence-corrected chi connectivity index (χ0v) is 7.76. The maximum Gasteiger partial charge on any atom is 0.0643 e. The number of nitrogens with zero attached hydrogens (tertiary/aromatic N) is 1. The number of H-pyrrole nitrogens is 1. The first kappa shape index (κ1) is 8.78. The van der Waals surface area contributed by atoms with E-state index in [1.165, 1.54) is 10.9 Å². The van der Waals surface area contributed by atoms with Gasteiger partial charge >= 0.3 is 0 Å². The highest BCUT2D eigenvalue weighted by Crippen LogP contribution is 2.13. The molecule has 0 bridgehead atoms. The summed E-state index contributed by atoms with van der Waals surface area (Å²) in [4.78, 5) is 7.15. The van der Waals surface area contributed by atoms with Gasteiger partial charge in [0.25, 0.3) is 0 Å². The summed E-state index contributed by atoms with van der Waals surface area (Å²) in [6.45, 7) is 6.06. The van der Waals surface area contributed by atoms with Gasteiger partial charge in [-0.15, -0.1) is 0 Å². The van der Waals surface area contributed by atoms with Crippen molar-refractivity contribution in [3.63, 3.8) is 0 Å². The van der Waals surface area contributed by atoms with Crippen molar-refractivity contribution < 1.29 is 0 Å². The summed E-state index contributed by atoms with van der Waals surface area (Å²) in [6, 6.07) is 2.06. The molecule has 0 amide bonds. The average Bonchev–Trinajstić information content (AvgIpc) is 2.57. The Kier molecular flexibility index (Phi) is 2.86. The molecule has 0 unspecified atom stereocenters. The van der Waals surface area contributed by atoms with Crippen LogP contribution in [0, 0.1) is 6.92 Å². The topological polar surface area (TPSA) is 28.7 Å². The molecule has 2 heterocycles. The molecule has 0 atom stereocenters. The molecule has 0 fully saturated rings. The van der Waals surface area contributed by atoms with E-state index >= 15 is 0 Å². The summed E-state index contributed by atoms with van der Waals surface area (Å²) >= 11 is 0. The zero-order valence-electron chi connectivity index (χ0n) is 7.76. The minimum absolute atomic E-state index is 1.11. The first-order chi connectivity index (χ1) is 5.88. The van der Waals surface area contributed by atoms with E-state index in [0.29, 0.717) is 0 Å². The lowest BCUT2D eigenvalue weighted by Gasteiger charge is -1.91. The van der Waals surface area contributed by atoms with E-state index in [1.807, 2.05) is 32.4 Å². The van der Waals surface area contributed by atoms with Gasteiger partial charge in [0.1, 0.15) is 0 Å². The molecule has 2 aromatic heterocycles. The van der Waals surface area contributed by atoms with Crippen molar-refractivity contribution in [3.8, 4) is 0 Å². The molecule has 0 aliphatic carbocycles. The number of rotatable bonds is 0. The predicted octanol–water partition coefficient (Wildman–Crippen LogP) is 2.90. The maximum atomic E-state index is 4.05. The average molecular weight is 162 g/mol. The Morgan fingerprint density at radius 2 is 2.00 bits per heavy atom. The number of pyridine rings is 1. The third-order valence-electron chi connectivity index (χ3n) is 1.68. The van der Waals surface area contributed by atoms with Gasteiger partial charge in [-0.25, -0.2) is 0 Å². The fourth-order valence-corrected chi connectivity index (χ4v) is 1.13. The van der Waals surface area contributed by atoms with E-state index in [2.05, 4.69) is 23.0 Å². The van der Waals surface area contributed by atoms with E-state index in [4.69, 9.17) is 0 Å². The molecule has 2 nitrogen and oxygen atoms in total. The highest BCUT2D eigenvalue weighted by molar-refractivity contribution is 5.81. The summed E-state index contributed by atoms with van der Waals surface area (Å²) in [5, 5.41) is 1.26. The Labute approximate surface area is 72.6 Å². The van der Waals surface area contributed by atoms with Gasteiger partial charge in [-0.2, -0.15) is 0 Å². The third kappa shape index (κ3) is 1.47. The van der Waals surface area contributed by atoms with Crippen LogP contribution in [0.1, 0.15) is 19.4 Å². The Morgan fingerprint density at radius 3 is 2.67 bits per heavy atom. The first-order valence-corrected chi connectivity index (χ1v) is 4.25. The van der Waals surface area contributed by atoms with Crippen LogP contribution >= 0.6 is 0 Å². The van der Waals surface area contributed by atoms with Gasteiger partial charge in [0.15, 0.2) is 0 Å². The minimum Gasteiger partial charge on any atom is -0.360 e. The second-order valence-corrected chi connectivity index (χ2v) is 2.40. The number of aromatic nitrogens is 2. The molecular formula is C10H14N2. The Hall–Kier alpha value is -1.31. The molecule has 2 aromatic rings. The molecule has 0 saturated heterocycles. The van der Waals surface area contributed by atoms with E-state index < -0.39 is 0 Å². The lowest BCUT2D eigenvalue weighted by atomic mass is 10.2. The monoisotopic (exact) mass is 162 g/mol. The predicted molar refractivity (Wildman–Crippen MR) is 52.2 cm³/mol. The van der Waals surface area contributed by atoms with Crippen molar-refractivity contribution >= 4 is 10.9 Å². The van der Waals surface area contributed by atoms with Crippen LogP contribution in [0.5, 0.6) is 0 Å². The minimum atomic E-state index is 1.11. The second kappa shape index (κ2) is 3.90. The van der Waals surface area contributed by atoms with Gasteiger partial charge in [-0.3, -0.25) is 4.98 Å². The van der Waals surface area contributed by atoms with Crippen LogP contribution in [0.2, 0.25) is 0 Å². The summed E-state index contributed by atoms with van der Waals surface area (Å²) < 4.78 is 0. The zero-order chi connectivity index (χ0) is 8.97. The van der Waals surface area contributed by atoms with Crippen molar-refractivity contribution in [2.24, 2.45) is 0 Å². The van der Waals surface area contributed by atoms with Crippen LogP contribution in [-0.4, -0.2) is 9.97 Å². The number of aryl methyl sites for hydroxylation is 1. The van der Waals surface area contributed by atoms with E-state index in [1.54, 1.807) is 0 Å². The van der Waals surface area contributed by atoms with Crippen molar-refractivity contribution in [1.82, 2.24) is 9.97 Å². The fraction of sp³-hybridized carbons (Fsp3) is 0.300. The number of hydrogen-bond acceptors (Lipinski definition) is 1. The highest BCUT2D eigenvalue weighted by Gasteiger charge is 1.94. The Morgan fingerprint density at radius 1 is 1.25 bits per heavy atom. The van der Waals surface area contributed by atoms with Crippen molar-refractivity contribution in [2.75, 3.05) is 0 Å². The molecular weight excluding hydrogens is 148 g/mol. The number of fused-ring (bicyclic) bond motifs is 1. The summed E-state index contributed by atoms with van der Waals surface area (Å²) in [5.74, 6) is 0. The molecule has 1 N–H and O–H groups in total. The molecule has 2 heteroatoms. The van der Waals surface area contributed by atoms with Crippen LogP contribution in [-0.2, 0) is 0 Å². The number of hydrogen-bond donors (Lipinski definition) is 1. The normalized spacial score (nSPS) is 9.25. The SMILES string of the molecule is CC.Cc1cncc2[nH]ccc12. The van der Waals surface area contributed by atoms with Gasteiger partial charge in [-0.05, 0) is 18.6 Å². The second-order valence-electron chi connectivity index (χ2n) is 2.40. The standard InChI is InChI=1S/C8H8N2.C2H6/c1-6-4-9-5-8-7(6)2-3-10-8;1-2/h2-5,10H,1H3;1-2H3. The molecule has 0 spiro atoms. The van der Waals surface area contributed by atoms with Crippen LogP contribution < -0.4 is 0 Å². The Balaban J connectivity index is 0.000000336. The number of aromatic amines is 1. The molecule has 0 radical (unpaired) electrons. The largest absolute Gasteiger partial charge is 0.360 e. The van der Waals surface area contributed by atoms with E-state index in [9.17, 15) is 0 Å². The van der Waals surface area contributed by atoms with Gasteiger partial charge in [0, 0.05) is 17.8 Å². The summed E-state index contributed by atoms with van der Waals surface area (Å²) in [7, 11) is 0. The molecule has 0 saturated carbocycles. The third-order valence-corrected chi connectivity index (χ3v) is 1.68. The fourth-order valence-electron chi connectivity index (χ4n) is 1.13. The van der Waals surface area contributed by atoms with Crippen LogP contribution in [0.15, 0.2) is 24.7 Å². The van der Waals surface area contributed by atoms with Crippen LogP contribution in [0.3, 0.4) is 0 Å². The molecule has 0 aliphatic heterocycles. The van der Waals surface area contributed by atoms with Crippen molar-refractivity contribution in [2.45, 2.75) is 20.8 Å². The highest BCUT2D eigenvalue weighted by atomic mass is 14.7. The quantitative estimate of drug-likeness (QED) is 0.634.